The number of ether oxygens (including phenoxy) is 3. The minimum Gasteiger partial charge on any atom is -0.491 e. The second-order valence-corrected chi connectivity index (χ2v) is 5.49. The van der Waals surface area contributed by atoms with Crippen LogP contribution < -0.4 is 10.1 Å². The lowest BCUT2D eigenvalue weighted by molar-refractivity contribution is -0.136. The summed E-state index contributed by atoms with van der Waals surface area (Å²) < 4.78 is 15.6. The average Bonchev–Trinajstić information content (AvgIpc) is 2.95. The van der Waals surface area contributed by atoms with Crippen LogP contribution in [0.4, 0.5) is 5.69 Å². The molecule has 2 rings (SSSR count). The summed E-state index contributed by atoms with van der Waals surface area (Å²) in [5.41, 5.74) is 0.986. The minimum atomic E-state index is -0.578. The molecule has 2 N–H and O–H groups in total. The Labute approximate surface area is 152 Å². The van der Waals surface area contributed by atoms with Gasteiger partial charge in [0.15, 0.2) is 0 Å². The highest BCUT2D eigenvalue weighted by atomic mass is 16.5. The second kappa shape index (κ2) is 9.79. The normalized spacial score (nSPS) is 14.0. The highest BCUT2D eigenvalue weighted by Gasteiger charge is 2.34. The quantitative estimate of drug-likeness (QED) is 0.468. The fraction of sp³-hybridized carbons (Fsp3) is 0.444. The topological polar surface area (TPSA) is 97.3 Å². The molecule has 1 aromatic carbocycles. The van der Waals surface area contributed by atoms with Crippen LogP contribution in [-0.2, 0) is 19.1 Å². The number of amides is 1. The number of esters is 1. The van der Waals surface area contributed by atoms with Crippen molar-refractivity contribution in [1.29, 1.82) is 0 Å². The van der Waals surface area contributed by atoms with Gasteiger partial charge in [0.05, 0.1) is 32.4 Å². The third kappa shape index (κ3) is 4.96. The molecule has 0 aromatic heterocycles. The predicted octanol–water partition coefficient (Wildman–Crippen LogP) is 0.775. The molecule has 0 spiro atoms. The Bertz CT molecular complexity index is 673. The summed E-state index contributed by atoms with van der Waals surface area (Å²) >= 11 is 0. The Morgan fingerprint density at radius 2 is 2.15 bits per heavy atom. The van der Waals surface area contributed by atoms with Crippen LogP contribution in [0.3, 0.4) is 0 Å². The lowest BCUT2D eigenvalue weighted by Crippen LogP contribution is -2.31. The van der Waals surface area contributed by atoms with Crippen molar-refractivity contribution in [2.24, 2.45) is 0 Å². The molecule has 0 fully saturated rings. The molecule has 26 heavy (non-hydrogen) atoms. The van der Waals surface area contributed by atoms with Crippen LogP contribution in [-0.4, -0.2) is 68.5 Å². The van der Waals surface area contributed by atoms with Crippen LogP contribution in [0.25, 0.3) is 0 Å². The van der Waals surface area contributed by atoms with Gasteiger partial charge in [0, 0.05) is 24.9 Å². The van der Waals surface area contributed by atoms with Crippen molar-refractivity contribution in [2.45, 2.75) is 6.92 Å². The number of β-amino-alcohol motifs (C(OH)–C–C–N with tert-alkyl or cyclic N) is 1. The first-order valence-corrected chi connectivity index (χ1v) is 8.40. The molecule has 1 amide bonds. The summed E-state index contributed by atoms with van der Waals surface area (Å²) in [6.45, 7) is 3.50. The zero-order chi connectivity index (χ0) is 18.9. The first kappa shape index (κ1) is 19.7. The molecular weight excluding hydrogens is 340 g/mol. The molecule has 0 unspecified atom stereocenters. The third-order valence-electron chi connectivity index (χ3n) is 3.76. The molecule has 8 nitrogen and oxygen atoms in total. The second-order valence-electron chi connectivity index (χ2n) is 5.49. The number of anilines is 1. The van der Waals surface area contributed by atoms with Crippen molar-refractivity contribution in [2.75, 3.05) is 51.9 Å². The highest BCUT2D eigenvalue weighted by Crippen LogP contribution is 2.24. The molecule has 8 heteroatoms. The third-order valence-corrected chi connectivity index (χ3v) is 3.76. The van der Waals surface area contributed by atoms with Crippen molar-refractivity contribution in [3.63, 3.8) is 0 Å². The maximum Gasteiger partial charge on any atom is 0.337 e. The Balaban J connectivity index is 2.13. The smallest absolute Gasteiger partial charge is 0.337 e. The van der Waals surface area contributed by atoms with E-state index in [9.17, 15) is 9.59 Å². The molecule has 0 radical (unpaired) electrons. The summed E-state index contributed by atoms with van der Waals surface area (Å²) in [5, 5.41) is 12.1. The molecule has 1 aliphatic heterocycles. The number of aliphatic hydroxyl groups is 1. The largest absolute Gasteiger partial charge is 0.491 e. The summed E-state index contributed by atoms with van der Waals surface area (Å²) in [4.78, 5) is 25.9. The van der Waals surface area contributed by atoms with Crippen molar-refractivity contribution in [1.82, 2.24) is 4.90 Å². The van der Waals surface area contributed by atoms with Gasteiger partial charge in [0.25, 0.3) is 5.91 Å². The van der Waals surface area contributed by atoms with Crippen LogP contribution >= 0.6 is 0 Å². The van der Waals surface area contributed by atoms with E-state index in [4.69, 9.17) is 19.3 Å². The Morgan fingerprint density at radius 1 is 1.35 bits per heavy atom. The van der Waals surface area contributed by atoms with E-state index in [1.54, 1.807) is 24.3 Å². The van der Waals surface area contributed by atoms with E-state index in [1.165, 1.54) is 12.0 Å². The molecule has 0 aliphatic carbocycles. The molecule has 0 atom stereocenters. The van der Waals surface area contributed by atoms with Gasteiger partial charge in [-0.2, -0.15) is 0 Å². The van der Waals surface area contributed by atoms with E-state index in [0.29, 0.717) is 31.3 Å². The van der Waals surface area contributed by atoms with Gasteiger partial charge in [-0.3, -0.25) is 4.79 Å². The fourth-order valence-corrected chi connectivity index (χ4v) is 2.52. The molecular formula is C18H24N2O6. The fourth-order valence-electron chi connectivity index (χ4n) is 2.52. The maximum absolute atomic E-state index is 12.5. The zero-order valence-corrected chi connectivity index (χ0v) is 15.0. The Kier molecular flexibility index (Phi) is 7.43. The van der Waals surface area contributed by atoms with E-state index < -0.39 is 5.97 Å². The van der Waals surface area contributed by atoms with Crippen LogP contribution in [0.5, 0.6) is 5.75 Å². The van der Waals surface area contributed by atoms with E-state index in [0.717, 1.165) is 0 Å². The van der Waals surface area contributed by atoms with E-state index in [2.05, 4.69) is 5.32 Å². The van der Waals surface area contributed by atoms with Gasteiger partial charge in [-0.1, -0.05) is 6.07 Å². The molecule has 0 bridgehead atoms. The number of rotatable bonds is 10. The molecule has 1 heterocycles. The monoisotopic (exact) mass is 364 g/mol. The number of methoxy groups -OCH3 is 1. The summed E-state index contributed by atoms with van der Waals surface area (Å²) in [7, 11) is 1.26. The standard InChI is InChI=1S/C18H24N2O6/c1-3-25-9-10-26-14-6-4-5-13(11-14)19-16-15(18(23)24-2)12-20(7-8-21)17(16)22/h4-6,11,19,21H,3,7-10,12H2,1-2H3. The summed E-state index contributed by atoms with van der Waals surface area (Å²) in [5.74, 6) is -0.319. The summed E-state index contributed by atoms with van der Waals surface area (Å²) in [6, 6.07) is 7.07. The van der Waals surface area contributed by atoms with E-state index in [-0.39, 0.29) is 36.9 Å². The predicted molar refractivity (Wildman–Crippen MR) is 94.8 cm³/mol. The molecule has 1 aromatic rings. The molecule has 0 saturated heterocycles. The van der Waals surface area contributed by atoms with Crippen LogP contribution in [0.15, 0.2) is 35.5 Å². The minimum absolute atomic E-state index is 0.0962. The maximum atomic E-state index is 12.5. The summed E-state index contributed by atoms with van der Waals surface area (Å²) in [6.07, 6.45) is 0. The van der Waals surface area contributed by atoms with Gasteiger partial charge in [0.1, 0.15) is 18.1 Å². The molecule has 142 valence electrons. The SMILES string of the molecule is CCOCCOc1cccc(NC2=C(C(=O)OC)CN(CCO)C2=O)c1. The lowest BCUT2D eigenvalue weighted by Gasteiger charge is -2.15. The van der Waals surface area contributed by atoms with Gasteiger partial charge in [-0.05, 0) is 19.1 Å². The number of hydrogen-bond donors (Lipinski definition) is 2. The number of nitrogens with zero attached hydrogens (tertiary/aromatic N) is 1. The van der Waals surface area contributed by atoms with Crippen LogP contribution in [0.1, 0.15) is 6.92 Å². The van der Waals surface area contributed by atoms with Gasteiger partial charge < -0.3 is 29.5 Å². The molecule has 1 aliphatic rings. The first-order valence-electron chi connectivity index (χ1n) is 8.40. The number of carbonyl (C=O) groups excluding carboxylic acids is 2. The average molecular weight is 364 g/mol. The number of carbonyl (C=O) groups is 2. The van der Waals surface area contributed by atoms with Crippen molar-refractivity contribution in [3.8, 4) is 5.75 Å². The van der Waals surface area contributed by atoms with Gasteiger partial charge in [0.2, 0.25) is 0 Å². The van der Waals surface area contributed by atoms with Crippen LogP contribution in [0.2, 0.25) is 0 Å². The van der Waals surface area contributed by atoms with Crippen molar-refractivity contribution >= 4 is 17.6 Å². The van der Waals surface area contributed by atoms with Gasteiger partial charge in [-0.15, -0.1) is 0 Å². The van der Waals surface area contributed by atoms with E-state index >= 15 is 0 Å². The zero-order valence-electron chi connectivity index (χ0n) is 15.0. The van der Waals surface area contributed by atoms with E-state index in [1.807, 2.05) is 6.92 Å². The van der Waals surface area contributed by atoms with Crippen molar-refractivity contribution in [3.05, 3.63) is 35.5 Å². The number of hydrogen-bond acceptors (Lipinski definition) is 7. The van der Waals surface area contributed by atoms with Crippen LogP contribution in [0, 0.1) is 0 Å². The molecule has 0 saturated carbocycles. The Hall–Kier alpha value is -2.58. The van der Waals surface area contributed by atoms with Gasteiger partial charge >= 0.3 is 5.97 Å². The number of benzene rings is 1. The number of aliphatic hydroxyl groups excluding tert-OH is 1. The number of nitrogens with one attached hydrogen (secondary N) is 1. The van der Waals surface area contributed by atoms with Gasteiger partial charge in [-0.25, -0.2) is 4.79 Å². The highest BCUT2D eigenvalue weighted by molar-refractivity contribution is 6.08. The lowest BCUT2D eigenvalue weighted by atomic mass is 10.2. The van der Waals surface area contributed by atoms with Crippen molar-refractivity contribution < 1.29 is 28.9 Å². The first-order chi connectivity index (χ1) is 12.6. The Morgan fingerprint density at radius 3 is 2.85 bits per heavy atom.